The van der Waals surface area contributed by atoms with Crippen LogP contribution in [0.1, 0.15) is 86.2 Å². The fraction of sp³-hybridized carbons (Fsp3) is 0.0870. The van der Waals surface area contributed by atoms with Gasteiger partial charge in [-0.3, -0.25) is 0 Å². The molecule has 14 aromatic carbocycles. The van der Waals surface area contributed by atoms with Gasteiger partial charge >= 0.3 is 0 Å². The Morgan fingerprint density at radius 3 is 1.38 bits per heavy atom. The molecule has 450 valence electrons. The Bertz CT molecular complexity index is 6320. The lowest BCUT2D eigenvalue weighted by molar-refractivity contribution is 0.657. The van der Waals surface area contributed by atoms with Crippen LogP contribution in [0.2, 0.25) is 0 Å². The highest BCUT2D eigenvalue weighted by molar-refractivity contribution is 6.20. The number of anilines is 3. The summed E-state index contributed by atoms with van der Waals surface area (Å²) in [6.45, 7) is 11.7. The molecule has 0 bridgehead atoms. The summed E-state index contributed by atoms with van der Waals surface area (Å²) >= 11 is 0. The minimum Gasteiger partial charge on any atom is -0.456 e. The van der Waals surface area contributed by atoms with E-state index in [9.17, 15) is 0 Å². The van der Waals surface area contributed by atoms with Crippen molar-refractivity contribution in [2.45, 2.75) is 50.9 Å². The van der Waals surface area contributed by atoms with Gasteiger partial charge in [0, 0.05) is 54.7 Å². The molecule has 4 heteroatoms. The number of aryl methyl sites for hydroxylation is 3. The van der Waals surface area contributed by atoms with Crippen LogP contribution in [0.3, 0.4) is 0 Å². The fourth-order valence-electron chi connectivity index (χ4n) is 19.5. The molecule has 0 N–H and O–H groups in total. The van der Waals surface area contributed by atoms with Crippen molar-refractivity contribution < 1.29 is 13.3 Å². The number of nitrogens with zero attached hydrogens (tertiary/aromatic N) is 1. The first kappa shape index (κ1) is 52.7. The molecule has 4 nitrogen and oxygen atoms in total. The van der Waals surface area contributed by atoms with E-state index in [-0.39, 0.29) is 0 Å². The molecule has 5 aliphatic rings. The number of benzene rings is 14. The summed E-state index contributed by atoms with van der Waals surface area (Å²) in [6, 6.07) is 101. The van der Waals surface area contributed by atoms with Crippen LogP contribution in [-0.2, 0) is 16.2 Å². The third-order valence-electron chi connectivity index (χ3n) is 23.1. The van der Waals surface area contributed by atoms with Crippen molar-refractivity contribution in [3.05, 3.63) is 339 Å². The summed E-state index contributed by atoms with van der Waals surface area (Å²) in [7, 11) is 0. The van der Waals surface area contributed by atoms with Gasteiger partial charge in [-0.1, -0.05) is 207 Å². The zero-order valence-corrected chi connectivity index (χ0v) is 53.6. The summed E-state index contributed by atoms with van der Waals surface area (Å²) in [4.78, 5) is 2.59. The maximum atomic E-state index is 7.07. The Morgan fingerprint density at radius 1 is 0.281 bits per heavy atom. The van der Waals surface area contributed by atoms with Crippen molar-refractivity contribution in [3.8, 4) is 66.8 Å². The van der Waals surface area contributed by atoms with E-state index in [4.69, 9.17) is 13.3 Å². The first-order valence-electron chi connectivity index (χ1n) is 33.7. The lowest BCUT2D eigenvalue weighted by Crippen LogP contribution is -2.27. The third kappa shape index (κ3) is 6.32. The van der Waals surface area contributed by atoms with Gasteiger partial charge in [0.15, 0.2) is 0 Å². The monoisotopic (exact) mass is 1230 g/mol. The van der Waals surface area contributed by atoms with Gasteiger partial charge in [0.05, 0.1) is 16.5 Å². The molecule has 5 aliphatic carbocycles. The zero-order chi connectivity index (χ0) is 63.4. The van der Waals surface area contributed by atoms with Crippen LogP contribution in [0.25, 0.3) is 133 Å². The Hall–Kier alpha value is -11.7. The van der Waals surface area contributed by atoms with E-state index < -0.39 is 16.2 Å². The molecule has 0 fully saturated rings. The molecule has 0 saturated heterocycles. The lowest BCUT2D eigenvalue weighted by atomic mass is 9.68. The van der Waals surface area contributed by atoms with Crippen molar-refractivity contribution in [1.82, 2.24) is 0 Å². The summed E-state index contributed by atoms with van der Waals surface area (Å²) in [5.74, 6) is 0. The van der Waals surface area contributed by atoms with E-state index in [1.54, 1.807) is 0 Å². The number of rotatable bonds is 4. The van der Waals surface area contributed by atoms with E-state index in [0.29, 0.717) is 0 Å². The number of para-hydroxylation sites is 3. The average molecular weight is 1230 g/mol. The van der Waals surface area contributed by atoms with Crippen LogP contribution in [0.5, 0.6) is 0 Å². The molecule has 0 atom stereocenters. The molecule has 22 rings (SSSR count). The molecule has 2 spiro atoms. The smallest absolute Gasteiger partial charge is 0.143 e. The molecule has 0 amide bonds. The fourth-order valence-corrected chi connectivity index (χ4v) is 19.5. The molecule has 0 saturated carbocycles. The van der Waals surface area contributed by atoms with Crippen molar-refractivity contribution in [3.63, 3.8) is 0 Å². The quantitative estimate of drug-likeness (QED) is 0.176. The van der Waals surface area contributed by atoms with Crippen LogP contribution >= 0.6 is 0 Å². The highest BCUT2D eigenvalue weighted by atomic mass is 16.3. The van der Waals surface area contributed by atoms with Crippen LogP contribution in [0.15, 0.2) is 280 Å². The summed E-state index contributed by atoms with van der Waals surface area (Å²) in [6.07, 6.45) is 0. The maximum absolute atomic E-state index is 7.07. The van der Waals surface area contributed by atoms with E-state index in [1.807, 2.05) is 6.07 Å². The number of hydrogen-bond acceptors (Lipinski definition) is 4. The maximum Gasteiger partial charge on any atom is 0.143 e. The first-order chi connectivity index (χ1) is 47.1. The van der Waals surface area contributed by atoms with Gasteiger partial charge in [-0.25, -0.2) is 0 Å². The molecule has 17 aromatic rings. The van der Waals surface area contributed by atoms with Gasteiger partial charge in [0.25, 0.3) is 0 Å². The molecule has 0 aliphatic heterocycles. The van der Waals surface area contributed by atoms with E-state index >= 15 is 0 Å². The third-order valence-corrected chi connectivity index (χ3v) is 23.1. The molecule has 0 radical (unpaired) electrons. The first-order valence-corrected chi connectivity index (χ1v) is 33.7. The van der Waals surface area contributed by atoms with Crippen LogP contribution in [0, 0.1) is 20.8 Å². The van der Waals surface area contributed by atoms with Crippen LogP contribution in [-0.4, -0.2) is 0 Å². The number of furan rings is 3. The molecular formula is C92H59NO3. The highest BCUT2D eigenvalue weighted by Crippen LogP contribution is 2.70. The topological polar surface area (TPSA) is 42.7 Å². The predicted molar refractivity (Wildman–Crippen MR) is 393 cm³/mol. The van der Waals surface area contributed by atoms with Gasteiger partial charge in [0.1, 0.15) is 33.5 Å². The average Bonchev–Trinajstić information content (AvgIpc) is 1.48. The van der Waals surface area contributed by atoms with Crippen molar-refractivity contribution in [1.29, 1.82) is 0 Å². The van der Waals surface area contributed by atoms with Crippen molar-refractivity contribution >= 4 is 82.9 Å². The molecule has 3 aromatic heterocycles. The Balaban J connectivity index is 0.795. The van der Waals surface area contributed by atoms with E-state index in [1.165, 1.54) is 139 Å². The number of fused-ring (bicyclic) bond motifs is 34. The normalized spacial score (nSPS) is 14.8. The van der Waals surface area contributed by atoms with Crippen LogP contribution in [0.4, 0.5) is 17.1 Å². The Kier molecular flexibility index (Phi) is 9.97. The summed E-state index contributed by atoms with van der Waals surface area (Å²) in [5, 5.41) is 6.79. The van der Waals surface area contributed by atoms with Gasteiger partial charge in [-0.15, -0.1) is 0 Å². The largest absolute Gasteiger partial charge is 0.456 e. The molecule has 96 heavy (non-hydrogen) atoms. The van der Waals surface area contributed by atoms with E-state index in [2.05, 4.69) is 300 Å². The second-order valence-corrected chi connectivity index (χ2v) is 28.2. The molecular weight excluding hydrogens is 1170 g/mol. The number of hydrogen-bond donors (Lipinski definition) is 0. The standard InChI is InChI=1S/C92H59NO3/c1-50-42-51(2)88(52(3)43-50)93(54-36-38-62-74(45-54)90(4,5)78-47-65(89-87(84(62)78)64-26-12-19-33-81(64)96-89)53-34-40-82-67(44-53)61-24-10-17-31-79(61)94-82)55-35-37-60-66-48-77-68(49-76(66)92(75(60)46-55)71-29-15-8-22-58(71)59-23-9-16-30-72(59)92)85-73(39-41-83-86(85)63-25-11-18-32-80(63)95-83)91(77)69-27-13-6-20-56(69)57-21-7-14-28-70(57)91/h6-49H,1-5H3. The SMILES string of the molecule is Cc1cc(C)c(N(c2ccc3c(c2)C(C)(C)c2cc(-c4ccc5oc6ccccc6c5c4)c4oc5ccccc5c4c2-3)c2ccc3c(c2)C2(c4ccccc4-c4ccccc42)c2cc4c(cc2-3)C2(c3ccccc3-c3ccccc32)c2ccc3oc5ccccc5c3c2-4)c(C)c1. The highest BCUT2D eigenvalue weighted by Gasteiger charge is 2.57. The molecule has 0 unspecified atom stereocenters. The minimum atomic E-state index is -0.688. The van der Waals surface area contributed by atoms with Gasteiger partial charge < -0.3 is 18.2 Å². The predicted octanol–water partition coefficient (Wildman–Crippen LogP) is 24.4. The second-order valence-electron chi connectivity index (χ2n) is 28.2. The Labute approximate surface area is 554 Å². The lowest BCUT2D eigenvalue weighted by Gasteiger charge is -2.34. The van der Waals surface area contributed by atoms with Crippen molar-refractivity contribution in [2.24, 2.45) is 0 Å². The van der Waals surface area contributed by atoms with Gasteiger partial charge in [-0.05, 0) is 228 Å². The summed E-state index contributed by atoms with van der Waals surface area (Å²) < 4.78 is 20.3. The van der Waals surface area contributed by atoms with Gasteiger partial charge in [0.2, 0.25) is 0 Å². The van der Waals surface area contributed by atoms with Crippen LogP contribution < -0.4 is 4.90 Å². The minimum absolute atomic E-state index is 0.413. The van der Waals surface area contributed by atoms with Gasteiger partial charge in [-0.2, -0.15) is 0 Å². The molecule has 3 heterocycles. The summed E-state index contributed by atoms with van der Waals surface area (Å²) in [5.41, 5.74) is 38.6. The van der Waals surface area contributed by atoms with E-state index in [0.717, 1.165) is 82.9 Å². The van der Waals surface area contributed by atoms with Crippen molar-refractivity contribution in [2.75, 3.05) is 4.90 Å². The zero-order valence-electron chi connectivity index (χ0n) is 53.6. The Morgan fingerprint density at radius 2 is 0.729 bits per heavy atom. The second kappa shape index (κ2) is 18.1.